The molecule has 23 heavy (non-hydrogen) atoms. The largest absolute Gasteiger partial charge is 0.484 e. The van der Waals surface area contributed by atoms with Gasteiger partial charge in [0.05, 0.1) is 17.7 Å². The van der Waals surface area contributed by atoms with Gasteiger partial charge in [-0.1, -0.05) is 0 Å². The summed E-state index contributed by atoms with van der Waals surface area (Å²) in [5.41, 5.74) is -1.77. The summed E-state index contributed by atoms with van der Waals surface area (Å²) < 4.78 is 7.31. The molecule has 2 unspecified atom stereocenters. The van der Waals surface area contributed by atoms with E-state index in [0.29, 0.717) is 16.9 Å². The van der Waals surface area contributed by atoms with Gasteiger partial charge in [0.2, 0.25) is 0 Å². The van der Waals surface area contributed by atoms with E-state index in [1.807, 2.05) is 0 Å². The van der Waals surface area contributed by atoms with Crippen molar-refractivity contribution in [3.63, 3.8) is 0 Å². The predicted octanol–water partition coefficient (Wildman–Crippen LogP) is 1.63. The molecule has 1 N–H and O–H groups in total. The molecule has 2 aromatic rings. The van der Waals surface area contributed by atoms with Gasteiger partial charge in [0.25, 0.3) is 0 Å². The molecular formula is C17H17N3O3. The minimum atomic E-state index is -1.39. The lowest BCUT2D eigenvalue weighted by Gasteiger charge is -2.49. The standard InChI is InChI=1S/C17H17N3O3/c1-16(2)17(3,22)14(20-8-4-7-19-15(20)21)12-9-11(10-18)5-6-13(12)23-16/h4-9,14,22H,1-3H3. The van der Waals surface area contributed by atoms with Crippen LogP contribution in [0.3, 0.4) is 0 Å². The Bertz CT molecular complexity index is 862. The Hall–Kier alpha value is -2.65. The fourth-order valence-corrected chi connectivity index (χ4v) is 2.92. The lowest BCUT2D eigenvalue weighted by atomic mass is 9.75. The van der Waals surface area contributed by atoms with Gasteiger partial charge >= 0.3 is 5.69 Å². The van der Waals surface area contributed by atoms with Crippen LogP contribution in [0.25, 0.3) is 0 Å². The van der Waals surface area contributed by atoms with Gasteiger partial charge in [0.15, 0.2) is 0 Å². The van der Waals surface area contributed by atoms with E-state index in [-0.39, 0.29) is 0 Å². The van der Waals surface area contributed by atoms with Crippen molar-refractivity contribution in [3.05, 3.63) is 58.3 Å². The monoisotopic (exact) mass is 311 g/mol. The van der Waals surface area contributed by atoms with Gasteiger partial charge in [-0.05, 0) is 45.0 Å². The lowest BCUT2D eigenvalue weighted by Crippen LogP contribution is -2.60. The smallest absolute Gasteiger partial charge is 0.348 e. The average Bonchev–Trinajstić information content (AvgIpc) is 2.49. The van der Waals surface area contributed by atoms with E-state index in [9.17, 15) is 9.90 Å². The SMILES string of the molecule is CC1(C)Oc2ccc(C#N)cc2C(n2cccnc2=O)C1(C)O. The summed E-state index contributed by atoms with van der Waals surface area (Å²) in [4.78, 5) is 16.0. The van der Waals surface area contributed by atoms with E-state index in [0.717, 1.165) is 0 Å². The van der Waals surface area contributed by atoms with Crippen molar-refractivity contribution in [1.29, 1.82) is 5.26 Å². The van der Waals surface area contributed by atoms with Crippen LogP contribution in [0.1, 0.15) is 37.9 Å². The molecule has 1 aromatic carbocycles. The highest BCUT2D eigenvalue weighted by Crippen LogP contribution is 2.47. The molecule has 0 radical (unpaired) electrons. The minimum absolute atomic E-state index is 0.435. The van der Waals surface area contributed by atoms with Crippen molar-refractivity contribution in [2.75, 3.05) is 0 Å². The molecule has 2 atom stereocenters. The van der Waals surface area contributed by atoms with E-state index in [1.165, 1.54) is 10.8 Å². The zero-order valence-corrected chi connectivity index (χ0v) is 13.1. The summed E-state index contributed by atoms with van der Waals surface area (Å²) >= 11 is 0. The Kier molecular flexibility index (Phi) is 3.27. The van der Waals surface area contributed by atoms with E-state index in [1.54, 1.807) is 51.2 Å². The van der Waals surface area contributed by atoms with Gasteiger partial charge in [-0.3, -0.25) is 4.57 Å². The van der Waals surface area contributed by atoms with Crippen LogP contribution in [0.15, 0.2) is 41.5 Å². The normalized spacial score (nSPS) is 25.1. The number of hydrogen-bond donors (Lipinski definition) is 1. The van der Waals surface area contributed by atoms with Crippen LogP contribution in [0, 0.1) is 11.3 Å². The van der Waals surface area contributed by atoms with Gasteiger partial charge in [-0.25, -0.2) is 9.78 Å². The van der Waals surface area contributed by atoms with Crippen LogP contribution in [0.2, 0.25) is 0 Å². The van der Waals surface area contributed by atoms with Crippen molar-refractivity contribution in [3.8, 4) is 11.8 Å². The van der Waals surface area contributed by atoms with Crippen molar-refractivity contribution in [2.45, 2.75) is 38.0 Å². The van der Waals surface area contributed by atoms with Crippen LogP contribution in [-0.4, -0.2) is 25.9 Å². The number of rotatable bonds is 1. The summed E-state index contributed by atoms with van der Waals surface area (Å²) in [5.74, 6) is 0.543. The molecule has 0 saturated heterocycles. The van der Waals surface area contributed by atoms with Gasteiger partial charge in [-0.15, -0.1) is 0 Å². The lowest BCUT2D eigenvalue weighted by molar-refractivity contribution is -0.139. The van der Waals surface area contributed by atoms with Crippen molar-refractivity contribution in [2.24, 2.45) is 0 Å². The van der Waals surface area contributed by atoms with Gasteiger partial charge in [0.1, 0.15) is 17.0 Å². The van der Waals surface area contributed by atoms with Crippen LogP contribution in [-0.2, 0) is 0 Å². The number of ether oxygens (including phenoxy) is 1. The van der Waals surface area contributed by atoms with Crippen LogP contribution >= 0.6 is 0 Å². The van der Waals surface area contributed by atoms with Gasteiger partial charge in [-0.2, -0.15) is 5.26 Å². The van der Waals surface area contributed by atoms with E-state index in [4.69, 9.17) is 10.00 Å². The maximum Gasteiger partial charge on any atom is 0.348 e. The van der Waals surface area contributed by atoms with Crippen molar-refractivity contribution < 1.29 is 9.84 Å². The second-order valence-corrected chi connectivity index (χ2v) is 6.34. The third-order valence-electron chi connectivity index (χ3n) is 4.57. The summed E-state index contributed by atoms with van der Waals surface area (Å²) in [6, 6.07) is 7.98. The number of nitrogens with zero attached hydrogens (tertiary/aromatic N) is 3. The number of benzene rings is 1. The first-order valence-electron chi connectivity index (χ1n) is 7.26. The van der Waals surface area contributed by atoms with Crippen molar-refractivity contribution in [1.82, 2.24) is 9.55 Å². The Morgan fingerprint density at radius 1 is 1.39 bits per heavy atom. The number of hydrogen-bond acceptors (Lipinski definition) is 5. The average molecular weight is 311 g/mol. The molecule has 1 aliphatic rings. The van der Waals surface area contributed by atoms with E-state index < -0.39 is 22.9 Å². The number of nitriles is 1. The first-order chi connectivity index (χ1) is 10.8. The second-order valence-electron chi connectivity index (χ2n) is 6.34. The molecule has 0 aliphatic carbocycles. The Morgan fingerprint density at radius 3 is 2.78 bits per heavy atom. The third kappa shape index (κ3) is 2.21. The first-order valence-corrected chi connectivity index (χ1v) is 7.26. The van der Waals surface area contributed by atoms with Crippen molar-refractivity contribution >= 4 is 0 Å². The second kappa shape index (κ2) is 4.93. The molecule has 0 fully saturated rings. The molecule has 0 spiro atoms. The Morgan fingerprint density at radius 2 is 2.13 bits per heavy atom. The molecule has 0 bridgehead atoms. The molecule has 0 saturated carbocycles. The number of aromatic nitrogens is 2. The molecule has 1 aromatic heterocycles. The maximum atomic E-state index is 12.2. The van der Waals surface area contributed by atoms with Gasteiger partial charge < -0.3 is 9.84 Å². The minimum Gasteiger partial charge on any atom is -0.484 e. The fourth-order valence-electron chi connectivity index (χ4n) is 2.92. The third-order valence-corrected chi connectivity index (χ3v) is 4.57. The highest BCUT2D eigenvalue weighted by Gasteiger charge is 2.53. The molecular weight excluding hydrogens is 294 g/mol. The zero-order chi connectivity index (χ0) is 16.8. The predicted molar refractivity (Wildman–Crippen MR) is 83.1 cm³/mol. The number of aliphatic hydroxyl groups is 1. The highest BCUT2D eigenvalue weighted by molar-refractivity contribution is 5.47. The Labute approximate surface area is 133 Å². The fraction of sp³-hybridized carbons (Fsp3) is 0.353. The molecule has 6 nitrogen and oxygen atoms in total. The quantitative estimate of drug-likeness (QED) is 0.864. The maximum absolute atomic E-state index is 12.2. The molecule has 118 valence electrons. The van der Waals surface area contributed by atoms with E-state index >= 15 is 0 Å². The zero-order valence-electron chi connectivity index (χ0n) is 13.1. The summed E-state index contributed by atoms with van der Waals surface area (Å²) in [7, 11) is 0. The molecule has 2 heterocycles. The summed E-state index contributed by atoms with van der Waals surface area (Å²) in [6.45, 7) is 5.16. The summed E-state index contributed by atoms with van der Waals surface area (Å²) in [6.07, 6.45) is 2.99. The molecule has 1 aliphatic heterocycles. The van der Waals surface area contributed by atoms with Gasteiger partial charge in [0, 0.05) is 18.0 Å². The highest BCUT2D eigenvalue weighted by atomic mass is 16.5. The molecule has 3 rings (SSSR count). The van der Waals surface area contributed by atoms with Crippen LogP contribution in [0.5, 0.6) is 5.75 Å². The van der Waals surface area contributed by atoms with E-state index in [2.05, 4.69) is 11.1 Å². The molecule has 0 amide bonds. The number of fused-ring (bicyclic) bond motifs is 1. The first kappa shape index (κ1) is 15.3. The molecule has 6 heteroatoms. The van der Waals surface area contributed by atoms with Crippen LogP contribution < -0.4 is 10.4 Å². The van der Waals surface area contributed by atoms with Crippen LogP contribution in [0.4, 0.5) is 0 Å². The topological polar surface area (TPSA) is 88.1 Å². The summed E-state index contributed by atoms with van der Waals surface area (Å²) in [5, 5.41) is 20.3. The Balaban J connectivity index is 2.33.